The van der Waals surface area contributed by atoms with Crippen LogP contribution in [0, 0.1) is 6.92 Å². The number of nitrogens with zero attached hydrogens (tertiary/aromatic N) is 1. The van der Waals surface area contributed by atoms with E-state index in [0.717, 1.165) is 16.8 Å². The van der Waals surface area contributed by atoms with Gasteiger partial charge in [0.15, 0.2) is 0 Å². The van der Waals surface area contributed by atoms with Crippen LogP contribution in [0.1, 0.15) is 16.1 Å². The van der Waals surface area contributed by atoms with Crippen molar-refractivity contribution in [3.8, 4) is 11.1 Å². The fourth-order valence-electron chi connectivity index (χ4n) is 1.65. The highest BCUT2D eigenvalue weighted by molar-refractivity contribution is 6.29. The summed E-state index contributed by atoms with van der Waals surface area (Å²) >= 11 is 5.77. The zero-order chi connectivity index (χ0) is 12.4. The maximum atomic E-state index is 10.8. The van der Waals surface area contributed by atoms with Gasteiger partial charge in [0.05, 0.1) is 5.97 Å². The Morgan fingerprint density at radius 2 is 2.06 bits per heavy atom. The van der Waals surface area contributed by atoms with Crippen LogP contribution in [-0.2, 0) is 0 Å². The van der Waals surface area contributed by atoms with Crippen molar-refractivity contribution in [1.29, 1.82) is 0 Å². The first-order chi connectivity index (χ1) is 8.08. The SMILES string of the molecule is Cc1nc(Cl)ccc1-c1cccc(C(=O)[O-])c1. The van der Waals surface area contributed by atoms with E-state index in [2.05, 4.69) is 4.98 Å². The van der Waals surface area contributed by atoms with E-state index in [1.165, 1.54) is 6.07 Å². The van der Waals surface area contributed by atoms with Crippen LogP contribution in [-0.4, -0.2) is 11.0 Å². The second-order valence-electron chi connectivity index (χ2n) is 3.64. The highest BCUT2D eigenvalue weighted by atomic mass is 35.5. The van der Waals surface area contributed by atoms with E-state index in [1.54, 1.807) is 18.2 Å². The molecule has 0 aliphatic rings. The number of aryl methyl sites for hydroxylation is 1. The first kappa shape index (κ1) is 11.6. The van der Waals surface area contributed by atoms with E-state index in [-0.39, 0.29) is 5.56 Å². The number of rotatable bonds is 2. The molecule has 0 spiro atoms. The average Bonchev–Trinajstić information content (AvgIpc) is 2.29. The van der Waals surface area contributed by atoms with Gasteiger partial charge in [0.2, 0.25) is 0 Å². The van der Waals surface area contributed by atoms with Crippen molar-refractivity contribution in [3.05, 3.63) is 52.8 Å². The maximum absolute atomic E-state index is 10.8. The number of benzene rings is 1. The number of halogens is 1. The number of carboxylic acid groups (broad SMARTS) is 1. The minimum absolute atomic E-state index is 0.150. The van der Waals surface area contributed by atoms with Gasteiger partial charge >= 0.3 is 0 Å². The van der Waals surface area contributed by atoms with Crippen molar-refractivity contribution in [2.24, 2.45) is 0 Å². The van der Waals surface area contributed by atoms with Crippen LogP contribution in [0.4, 0.5) is 0 Å². The summed E-state index contributed by atoms with van der Waals surface area (Å²) in [6.45, 7) is 1.83. The second kappa shape index (κ2) is 4.55. The number of hydrogen-bond acceptors (Lipinski definition) is 3. The molecule has 1 heterocycles. The number of hydrogen-bond donors (Lipinski definition) is 0. The van der Waals surface area contributed by atoms with Gasteiger partial charge in [-0.3, -0.25) is 0 Å². The molecular formula is C13H9ClNO2-. The lowest BCUT2D eigenvalue weighted by atomic mass is 10.0. The van der Waals surface area contributed by atoms with Crippen molar-refractivity contribution in [3.63, 3.8) is 0 Å². The molecule has 0 amide bonds. The smallest absolute Gasteiger partial charge is 0.129 e. The summed E-state index contributed by atoms with van der Waals surface area (Å²) < 4.78 is 0. The summed E-state index contributed by atoms with van der Waals surface area (Å²) in [7, 11) is 0. The summed E-state index contributed by atoms with van der Waals surface area (Å²) in [6, 6.07) is 10.1. The Hall–Kier alpha value is -1.87. The van der Waals surface area contributed by atoms with Gasteiger partial charge in [-0.25, -0.2) is 4.98 Å². The van der Waals surface area contributed by atoms with Gasteiger partial charge in [-0.2, -0.15) is 0 Å². The normalized spacial score (nSPS) is 10.2. The third kappa shape index (κ3) is 2.45. The molecule has 0 radical (unpaired) electrons. The molecule has 0 aliphatic carbocycles. The predicted octanol–water partition coefficient (Wildman–Crippen LogP) is 2.07. The molecule has 0 atom stereocenters. The number of carboxylic acids is 1. The number of carbonyl (C=O) groups is 1. The Balaban J connectivity index is 2.53. The Kier molecular flexibility index (Phi) is 3.11. The van der Waals surface area contributed by atoms with Gasteiger partial charge in [-0.1, -0.05) is 29.8 Å². The number of carbonyl (C=O) groups excluding carboxylic acids is 1. The van der Waals surface area contributed by atoms with Gasteiger partial charge < -0.3 is 9.90 Å². The van der Waals surface area contributed by atoms with E-state index in [0.29, 0.717) is 5.15 Å². The van der Waals surface area contributed by atoms with E-state index in [1.807, 2.05) is 19.1 Å². The Morgan fingerprint density at radius 3 is 2.71 bits per heavy atom. The molecule has 0 saturated carbocycles. The summed E-state index contributed by atoms with van der Waals surface area (Å²) in [5, 5.41) is 11.2. The van der Waals surface area contributed by atoms with Crippen LogP contribution in [0.3, 0.4) is 0 Å². The first-order valence-corrected chi connectivity index (χ1v) is 5.40. The van der Waals surface area contributed by atoms with Gasteiger partial charge in [0.25, 0.3) is 0 Å². The predicted molar refractivity (Wildman–Crippen MR) is 63.8 cm³/mol. The highest BCUT2D eigenvalue weighted by Crippen LogP contribution is 2.24. The quantitative estimate of drug-likeness (QED) is 0.763. The molecule has 4 heteroatoms. The van der Waals surface area contributed by atoms with Gasteiger partial charge in [-0.15, -0.1) is 0 Å². The van der Waals surface area contributed by atoms with Crippen LogP contribution in [0.25, 0.3) is 11.1 Å². The molecule has 0 saturated heterocycles. The van der Waals surface area contributed by atoms with Crippen molar-refractivity contribution in [1.82, 2.24) is 4.98 Å². The van der Waals surface area contributed by atoms with Gasteiger partial charge in [-0.05, 0) is 36.2 Å². The van der Waals surface area contributed by atoms with Crippen LogP contribution in [0.15, 0.2) is 36.4 Å². The number of pyridine rings is 1. The lowest BCUT2D eigenvalue weighted by molar-refractivity contribution is -0.255. The van der Waals surface area contributed by atoms with Crippen LogP contribution < -0.4 is 5.11 Å². The monoisotopic (exact) mass is 246 g/mol. The summed E-state index contributed by atoms with van der Waals surface area (Å²) in [5.41, 5.74) is 2.55. The minimum atomic E-state index is -1.19. The molecule has 1 aromatic heterocycles. The minimum Gasteiger partial charge on any atom is -0.545 e. The third-order valence-electron chi connectivity index (χ3n) is 2.46. The molecule has 86 valence electrons. The van der Waals surface area contributed by atoms with Crippen molar-refractivity contribution >= 4 is 17.6 Å². The summed E-state index contributed by atoms with van der Waals surface area (Å²) in [6.07, 6.45) is 0. The van der Waals surface area contributed by atoms with Gasteiger partial charge in [0, 0.05) is 11.3 Å². The van der Waals surface area contributed by atoms with Gasteiger partial charge in [0.1, 0.15) is 5.15 Å². The Morgan fingerprint density at radius 1 is 1.29 bits per heavy atom. The molecule has 2 aromatic rings. The van der Waals surface area contributed by atoms with E-state index < -0.39 is 5.97 Å². The molecule has 1 aromatic carbocycles. The molecular weight excluding hydrogens is 238 g/mol. The van der Waals surface area contributed by atoms with Crippen molar-refractivity contribution < 1.29 is 9.90 Å². The van der Waals surface area contributed by atoms with Crippen molar-refractivity contribution in [2.75, 3.05) is 0 Å². The van der Waals surface area contributed by atoms with Crippen molar-refractivity contribution in [2.45, 2.75) is 6.92 Å². The van der Waals surface area contributed by atoms with Crippen LogP contribution in [0.2, 0.25) is 5.15 Å². The second-order valence-corrected chi connectivity index (χ2v) is 4.02. The molecule has 2 rings (SSSR count). The van der Waals surface area contributed by atoms with E-state index >= 15 is 0 Å². The third-order valence-corrected chi connectivity index (χ3v) is 2.67. The molecule has 0 fully saturated rings. The first-order valence-electron chi connectivity index (χ1n) is 5.03. The Bertz CT molecular complexity index is 581. The molecule has 0 unspecified atom stereocenters. The lowest BCUT2D eigenvalue weighted by Crippen LogP contribution is -2.22. The Labute approximate surface area is 104 Å². The maximum Gasteiger partial charge on any atom is 0.129 e. The van der Waals surface area contributed by atoms with E-state index in [4.69, 9.17) is 11.6 Å². The zero-order valence-electron chi connectivity index (χ0n) is 9.11. The molecule has 17 heavy (non-hydrogen) atoms. The van der Waals surface area contributed by atoms with Crippen LogP contribution in [0.5, 0.6) is 0 Å². The lowest BCUT2D eigenvalue weighted by Gasteiger charge is -2.08. The zero-order valence-corrected chi connectivity index (χ0v) is 9.86. The molecule has 0 N–H and O–H groups in total. The fourth-order valence-corrected chi connectivity index (χ4v) is 1.84. The summed E-state index contributed by atoms with van der Waals surface area (Å²) in [4.78, 5) is 14.9. The highest BCUT2D eigenvalue weighted by Gasteiger charge is 2.04. The molecule has 3 nitrogen and oxygen atoms in total. The van der Waals surface area contributed by atoms with E-state index in [9.17, 15) is 9.90 Å². The largest absolute Gasteiger partial charge is 0.545 e. The average molecular weight is 247 g/mol. The number of aromatic carboxylic acids is 1. The standard InChI is InChI=1S/C13H10ClNO2/c1-8-11(5-6-12(14)15-8)9-3-2-4-10(7-9)13(16)17/h2-7H,1H3,(H,16,17)/p-1. The topological polar surface area (TPSA) is 53.0 Å². The number of aromatic nitrogens is 1. The van der Waals surface area contributed by atoms with Crippen LogP contribution >= 0.6 is 11.6 Å². The summed E-state index contributed by atoms with van der Waals surface area (Å²) in [5.74, 6) is -1.19. The fraction of sp³-hybridized carbons (Fsp3) is 0.0769. The molecule has 0 bridgehead atoms. The molecule has 0 aliphatic heterocycles.